The van der Waals surface area contributed by atoms with E-state index in [1.807, 2.05) is 0 Å². The first-order valence-corrected chi connectivity index (χ1v) is 9.27. The van der Waals surface area contributed by atoms with Crippen LogP contribution < -0.4 is 5.73 Å². The van der Waals surface area contributed by atoms with Crippen molar-refractivity contribution in [1.29, 1.82) is 0 Å². The number of benzene rings is 2. The minimum Gasteiger partial charge on any atom is -0.415 e. The van der Waals surface area contributed by atoms with Crippen LogP contribution in [0.2, 0.25) is 0 Å². The standard InChI is InChI=1S/C19H11F4N9O/c20-12-5-11(17-28-29-18(33-17)15(22)23)13(21)4-10(12)7-32-30-16(27-31-32)8-1-2-14-9(3-8)6-25-19(24)26-14/h1-6,15H,7H2,(H2,24,25,26). The summed E-state index contributed by atoms with van der Waals surface area (Å²) >= 11 is 0. The van der Waals surface area contributed by atoms with Crippen molar-refractivity contribution in [2.75, 3.05) is 5.73 Å². The van der Waals surface area contributed by atoms with Crippen molar-refractivity contribution in [3.05, 3.63) is 59.6 Å². The first-order valence-electron chi connectivity index (χ1n) is 9.27. The molecule has 0 saturated heterocycles. The van der Waals surface area contributed by atoms with Gasteiger partial charge in [-0.05, 0) is 35.5 Å². The van der Waals surface area contributed by atoms with Gasteiger partial charge in [-0.15, -0.1) is 20.4 Å². The second kappa shape index (κ2) is 7.89. The average molecular weight is 457 g/mol. The Balaban J connectivity index is 1.40. The number of halogens is 4. The largest absolute Gasteiger partial charge is 0.415 e. The molecule has 0 atom stereocenters. The van der Waals surface area contributed by atoms with Crippen LogP contribution in [0.5, 0.6) is 0 Å². The van der Waals surface area contributed by atoms with Crippen molar-refractivity contribution >= 4 is 16.9 Å². The van der Waals surface area contributed by atoms with Gasteiger partial charge in [-0.3, -0.25) is 0 Å². The summed E-state index contributed by atoms with van der Waals surface area (Å²) in [6, 6.07) is 6.82. The zero-order valence-corrected chi connectivity index (χ0v) is 16.3. The van der Waals surface area contributed by atoms with Gasteiger partial charge in [0.15, 0.2) is 0 Å². The fraction of sp³-hybridized carbons (Fsp3) is 0.105. The number of tetrazole rings is 1. The Morgan fingerprint density at radius 3 is 2.67 bits per heavy atom. The molecule has 33 heavy (non-hydrogen) atoms. The minimum atomic E-state index is -3.03. The van der Waals surface area contributed by atoms with Crippen molar-refractivity contribution in [3.8, 4) is 22.8 Å². The number of hydrogen-bond donors (Lipinski definition) is 1. The quantitative estimate of drug-likeness (QED) is 0.395. The molecule has 0 radical (unpaired) electrons. The number of nitrogen functional groups attached to an aromatic ring is 1. The molecule has 5 aromatic rings. The highest BCUT2D eigenvalue weighted by Gasteiger charge is 2.21. The molecule has 10 nitrogen and oxygen atoms in total. The summed E-state index contributed by atoms with van der Waals surface area (Å²) in [4.78, 5) is 9.12. The van der Waals surface area contributed by atoms with Crippen molar-refractivity contribution in [2.45, 2.75) is 13.0 Å². The number of anilines is 1. The summed E-state index contributed by atoms with van der Waals surface area (Å²) in [5, 5.41) is 19.1. The van der Waals surface area contributed by atoms with Crippen molar-refractivity contribution < 1.29 is 22.0 Å². The van der Waals surface area contributed by atoms with Crippen molar-refractivity contribution in [2.24, 2.45) is 0 Å². The summed E-state index contributed by atoms with van der Waals surface area (Å²) in [5.74, 6) is -2.94. The Kier molecular flexibility index (Phi) is 4.88. The predicted molar refractivity (Wildman–Crippen MR) is 104 cm³/mol. The topological polar surface area (TPSA) is 134 Å². The van der Waals surface area contributed by atoms with Gasteiger partial charge in [0.25, 0.3) is 11.8 Å². The Morgan fingerprint density at radius 1 is 1.03 bits per heavy atom. The van der Waals surface area contributed by atoms with Gasteiger partial charge in [0.2, 0.25) is 11.8 Å². The number of alkyl halides is 2. The van der Waals surface area contributed by atoms with Crippen molar-refractivity contribution in [3.63, 3.8) is 0 Å². The third-order valence-corrected chi connectivity index (χ3v) is 4.62. The molecule has 0 aliphatic rings. The maximum Gasteiger partial charge on any atom is 0.314 e. The molecule has 2 N–H and O–H groups in total. The molecule has 5 rings (SSSR count). The molecule has 0 aliphatic carbocycles. The molecule has 0 amide bonds. The van der Waals surface area contributed by atoms with E-state index in [4.69, 9.17) is 5.73 Å². The number of rotatable bonds is 5. The van der Waals surface area contributed by atoms with Gasteiger partial charge in [0.1, 0.15) is 11.6 Å². The van der Waals surface area contributed by atoms with Gasteiger partial charge in [0, 0.05) is 22.7 Å². The Labute approximate surface area is 181 Å². The van der Waals surface area contributed by atoms with E-state index in [-0.39, 0.29) is 23.9 Å². The summed E-state index contributed by atoms with van der Waals surface area (Å²) in [6.45, 7) is -0.241. The molecule has 0 saturated carbocycles. The number of nitrogens with two attached hydrogens (primary N) is 1. The highest BCUT2D eigenvalue weighted by atomic mass is 19.3. The third-order valence-electron chi connectivity index (χ3n) is 4.62. The molecule has 0 fully saturated rings. The maximum absolute atomic E-state index is 14.6. The maximum atomic E-state index is 14.6. The monoisotopic (exact) mass is 457 g/mol. The molecule has 14 heteroatoms. The molecule has 166 valence electrons. The van der Waals surface area contributed by atoms with E-state index in [2.05, 4.69) is 40.0 Å². The Bertz CT molecular complexity index is 1480. The van der Waals surface area contributed by atoms with Crippen molar-refractivity contribution in [1.82, 2.24) is 40.4 Å². The van der Waals surface area contributed by atoms with Gasteiger partial charge >= 0.3 is 6.43 Å². The van der Waals surface area contributed by atoms with Gasteiger partial charge in [-0.1, -0.05) is 0 Å². The molecular weight excluding hydrogens is 446 g/mol. The average Bonchev–Trinajstić information content (AvgIpc) is 3.46. The van der Waals surface area contributed by atoms with Crippen LogP contribution in [0.4, 0.5) is 23.5 Å². The van der Waals surface area contributed by atoms with Gasteiger partial charge in [-0.2, -0.15) is 13.6 Å². The number of fused-ring (bicyclic) bond motifs is 1. The van der Waals surface area contributed by atoms with Gasteiger partial charge < -0.3 is 10.2 Å². The molecule has 0 aliphatic heterocycles. The first kappa shape index (κ1) is 20.4. The van der Waals surface area contributed by atoms with Crippen LogP contribution >= 0.6 is 0 Å². The lowest BCUT2D eigenvalue weighted by atomic mass is 10.1. The smallest absolute Gasteiger partial charge is 0.314 e. The minimum absolute atomic E-state index is 0.101. The second-order valence-electron chi connectivity index (χ2n) is 6.81. The first-order chi connectivity index (χ1) is 15.9. The Hall–Kier alpha value is -4.49. The zero-order valence-electron chi connectivity index (χ0n) is 16.3. The summed E-state index contributed by atoms with van der Waals surface area (Å²) in [5.41, 5.74) is 6.27. The summed E-state index contributed by atoms with van der Waals surface area (Å²) in [6.07, 6.45) is -1.47. The SMILES string of the molecule is Nc1ncc2cc(-c3nnn(Cc4cc(F)c(-c5nnc(C(F)F)o5)cc4F)n3)ccc2n1. The summed E-state index contributed by atoms with van der Waals surface area (Å²) < 4.78 is 59.0. The van der Waals surface area contributed by atoms with E-state index in [9.17, 15) is 17.6 Å². The highest BCUT2D eigenvalue weighted by molar-refractivity contribution is 5.83. The van der Waals surface area contributed by atoms with E-state index >= 15 is 0 Å². The molecule has 0 unspecified atom stereocenters. The predicted octanol–water partition coefficient (Wildman–Crippen LogP) is 3.18. The molecule has 0 spiro atoms. The van der Waals surface area contributed by atoms with Gasteiger partial charge in [0.05, 0.1) is 17.6 Å². The van der Waals surface area contributed by atoms with Crippen LogP contribution in [0.15, 0.2) is 40.9 Å². The number of nitrogens with zero attached hydrogens (tertiary/aromatic N) is 8. The summed E-state index contributed by atoms with van der Waals surface area (Å²) in [7, 11) is 0. The fourth-order valence-corrected chi connectivity index (χ4v) is 3.07. The van der Waals surface area contributed by atoms with E-state index in [1.54, 1.807) is 24.4 Å². The molecule has 3 aromatic heterocycles. The molecule has 0 bridgehead atoms. The molecule has 2 aromatic carbocycles. The molecular formula is C19H11F4N9O. The van der Waals surface area contributed by atoms with Crippen LogP contribution in [0.1, 0.15) is 17.9 Å². The lowest BCUT2D eigenvalue weighted by Crippen LogP contribution is -2.07. The number of aromatic nitrogens is 8. The second-order valence-corrected chi connectivity index (χ2v) is 6.81. The lowest BCUT2D eigenvalue weighted by molar-refractivity contribution is 0.116. The number of hydrogen-bond acceptors (Lipinski definition) is 9. The molecule has 3 heterocycles. The normalized spacial score (nSPS) is 11.5. The van der Waals surface area contributed by atoms with Gasteiger partial charge in [-0.25, -0.2) is 18.7 Å². The Morgan fingerprint density at radius 2 is 1.88 bits per heavy atom. The highest BCUT2D eigenvalue weighted by Crippen LogP contribution is 2.28. The van der Waals surface area contributed by atoms with Crippen LogP contribution in [-0.2, 0) is 6.54 Å². The van der Waals surface area contributed by atoms with Crippen LogP contribution in [-0.4, -0.2) is 40.4 Å². The van der Waals surface area contributed by atoms with E-state index < -0.39 is 35.4 Å². The van der Waals surface area contributed by atoms with Crippen LogP contribution in [0, 0.1) is 11.6 Å². The van der Waals surface area contributed by atoms with E-state index in [0.29, 0.717) is 16.5 Å². The lowest BCUT2D eigenvalue weighted by Gasteiger charge is -2.05. The van der Waals surface area contributed by atoms with Crippen LogP contribution in [0.3, 0.4) is 0 Å². The van der Waals surface area contributed by atoms with E-state index in [0.717, 1.165) is 16.9 Å². The van der Waals surface area contributed by atoms with Crippen LogP contribution in [0.25, 0.3) is 33.7 Å². The third kappa shape index (κ3) is 3.93. The van der Waals surface area contributed by atoms with E-state index in [1.165, 1.54) is 0 Å². The zero-order chi connectivity index (χ0) is 23.1. The fourth-order valence-electron chi connectivity index (χ4n) is 3.07.